The highest BCUT2D eigenvalue weighted by atomic mass is 19.2. The van der Waals surface area contributed by atoms with Crippen molar-refractivity contribution in [3.05, 3.63) is 0 Å². The number of amides is 1. The first-order valence-electron chi connectivity index (χ1n) is 2.85. The highest BCUT2D eigenvalue weighted by molar-refractivity contribution is 5.91. The van der Waals surface area contributed by atoms with Crippen LogP contribution in [0.2, 0.25) is 0 Å². The van der Waals surface area contributed by atoms with E-state index >= 15 is 0 Å². The fourth-order valence-corrected chi connectivity index (χ4v) is 0.824. The maximum atomic E-state index is 12.4. The van der Waals surface area contributed by atoms with Gasteiger partial charge in [0.1, 0.15) is 0 Å². The minimum Gasteiger partial charge on any atom is -0.480 e. The first-order valence-corrected chi connectivity index (χ1v) is 2.85. The molecule has 6 heteroatoms. The summed E-state index contributed by atoms with van der Waals surface area (Å²) in [6.07, 6.45) is -4.63. The normalized spacial score (nSPS) is 36.9. The van der Waals surface area contributed by atoms with Gasteiger partial charge in [0, 0.05) is 0 Å². The van der Waals surface area contributed by atoms with Crippen molar-refractivity contribution in [2.75, 3.05) is 0 Å². The zero-order valence-electron chi connectivity index (χ0n) is 5.25. The Hall–Kier alpha value is -1.20. The molecule has 0 radical (unpaired) electrons. The lowest BCUT2D eigenvalue weighted by Gasteiger charge is -2.04. The van der Waals surface area contributed by atoms with E-state index in [2.05, 4.69) is 0 Å². The van der Waals surface area contributed by atoms with E-state index in [1.54, 1.807) is 5.32 Å². The van der Waals surface area contributed by atoms with Gasteiger partial charge >= 0.3 is 5.97 Å². The summed E-state index contributed by atoms with van der Waals surface area (Å²) in [6, 6.07) is -1.74. The molecule has 1 aliphatic rings. The van der Waals surface area contributed by atoms with Crippen LogP contribution < -0.4 is 5.32 Å². The van der Waals surface area contributed by atoms with Crippen LogP contribution >= 0.6 is 0 Å². The number of aliphatic carboxylic acids is 1. The molecule has 0 bridgehead atoms. The first-order chi connectivity index (χ1) is 5.04. The van der Waals surface area contributed by atoms with Crippen molar-refractivity contribution in [3.63, 3.8) is 0 Å². The van der Waals surface area contributed by atoms with Crippen LogP contribution in [0.5, 0.6) is 0 Å². The van der Waals surface area contributed by atoms with Crippen LogP contribution in [0, 0.1) is 0 Å². The number of carboxylic acids is 1. The maximum Gasteiger partial charge on any atom is 0.329 e. The molecular formula is C5H5F2NO3. The van der Waals surface area contributed by atoms with Crippen molar-refractivity contribution in [1.82, 2.24) is 5.32 Å². The first kappa shape index (κ1) is 7.90. The Labute approximate surface area is 60.2 Å². The number of rotatable bonds is 1. The van der Waals surface area contributed by atoms with Gasteiger partial charge in [-0.15, -0.1) is 0 Å². The molecule has 0 spiro atoms. The molecule has 62 valence electrons. The summed E-state index contributed by atoms with van der Waals surface area (Å²) in [4.78, 5) is 20.4. The second-order valence-electron chi connectivity index (χ2n) is 2.17. The molecular weight excluding hydrogens is 160 g/mol. The smallest absolute Gasteiger partial charge is 0.329 e. The summed E-state index contributed by atoms with van der Waals surface area (Å²) in [5.41, 5.74) is 0. The molecule has 0 saturated carbocycles. The Bertz CT molecular complexity index is 208. The fraction of sp³-hybridized carbons (Fsp3) is 0.600. The van der Waals surface area contributed by atoms with Gasteiger partial charge < -0.3 is 10.4 Å². The minimum atomic E-state index is -2.35. The number of nitrogens with one attached hydrogen (secondary N) is 1. The van der Waals surface area contributed by atoms with E-state index in [-0.39, 0.29) is 0 Å². The molecule has 0 aromatic heterocycles. The van der Waals surface area contributed by atoms with Crippen LogP contribution in [-0.2, 0) is 9.59 Å². The Balaban J connectivity index is 2.74. The molecule has 2 N–H and O–H groups in total. The topological polar surface area (TPSA) is 66.4 Å². The summed E-state index contributed by atoms with van der Waals surface area (Å²) in [5, 5.41) is 9.86. The molecule has 0 aromatic carbocycles. The lowest BCUT2D eigenvalue weighted by Crippen LogP contribution is -2.37. The molecule has 1 saturated heterocycles. The molecule has 0 aliphatic carbocycles. The molecule has 1 aliphatic heterocycles. The van der Waals surface area contributed by atoms with Gasteiger partial charge in [-0.2, -0.15) is 0 Å². The van der Waals surface area contributed by atoms with E-state index in [4.69, 9.17) is 5.11 Å². The molecule has 4 nitrogen and oxygen atoms in total. The van der Waals surface area contributed by atoms with E-state index in [9.17, 15) is 18.4 Å². The van der Waals surface area contributed by atoms with Gasteiger partial charge in [-0.25, -0.2) is 13.6 Å². The Morgan fingerprint density at radius 1 is 1.55 bits per heavy atom. The molecule has 1 heterocycles. The summed E-state index contributed by atoms with van der Waals surface area (Å²) in [5.74, 6) is -2.77. The molecule has 0 aromatic rings. The zero-order chi connectivity index (χ0) is 8.59. The van der Waals surface area contributed by atoms with Crippen molar-refractivity contribution in [2.45, 2.75) is 18.4 Å². The van der Waals surface area contributed by atoms with Crippen LogP contribution in [0.1, 0.15) is 0 Å². The van der Waals surface area contributed by atoms with Crippen molar-refractivity contribution in [1.29, 1.82) is 0 Å². The van der Waals surface area contributed by atoms with Crippen LogP contribution in [0.15, 0.2) is 0 Å². The number of halogens is 2. The predicted molar refractivity (Wildman–Crippen MR) is 29.4 cm³/mol. The van der Waals surface area contributed by atoms with Gasteiger partial charge in [-0.1, -0.05) is 0 Å². The maximum absolute atomic E-state index is 12.4. The summed E-state index contributed by atoms with van der Waals surface area (Å²) >= 11 is 0. The SMILES string of the molecule is O=C1NC(C(=O)O)C(F)C1F. The third kappa shape index (κ3) is 1.15. The largest absolute Gasteiger partial charge is 0.480 e. The van der Waals surface area contributed by atoms with E-state index in [1.165, 1.54) is 0 Å². The minimum absolute atomic E-state index is 1.20. The van der Waals surface area contributed by atoms with Gasteiger partial charge in [0.2, 0.25) is 6.17 Å². The molecule has 1 fully saturated rings. The summed E-state index contributed by atoms with van der Waals surface area (Å²) in [6.45, 7) is 0. The number of carbonyl (C=O) groups is 2. The van der Waals surface area contributed by atoms with E-state index < -0.39 is 30.3 Å². The number of hydrogen-bond acceptors (Lipinski definition) is 2. The number of hydrogen-bond donors (Lipinski definition) is 2. The lowest BCUT2D eigenvalue weighted by molar-refractivity contribution is -0.141. The van der Waals surface area contributed by atoms with Crippen LogP contribution in [-0.4, -0.2) is 35.4 Å². The third-order valence-electron chi connectivity index (χ3n) is 1.41. The number of carboxylic acid groups (broad SMARTS) is 1. The molecule has 3 unspecified atom stereocenters. The monoisotopic (exact) mass is 165 g/mol. The molecule has 1 amide bonds. The fourth-order valence-electron chi connectivity index (χ4n) is 0.824. The van der Waals surface area contributed by atoms with Gasteiger partial charge in [0.25, 0.3) is 5.91 Å². The zero-order valence-corrected chi connectivity index (χ0v) is 5.25. The number of carbonyl (C=O) groups excluding carboxylic acids is 1. The Kier molecular flexibility index (Phi) is 1.76. The van der Waals surface area contributed by atoms with Gasteiger partial charge in [0.05, 0.1) is 0 Å². The van der Waals surface area contributed by atoms with Gasteiger partial charge in [-0.3, -0.25) is 4.79 Å². The average Bonchev–Trinajstić information content (AvgIpc) is 2.17. The van der Waals surface area contributed by atoms with Crippen molar-refractivity contribution < 1.29 is 23.5 Å². The van der Waals surface area contributed by atoms with E-state index in [1.807, 2.05) is 0 Å². The second kappa shape index (κ2) is 2.44. The molecule has 1 rings (SSSR count). The molecule has 11 heavy (non-hydrogen) atoms. The van der Waals surface area contributed by atoms with Crippen LogP contribution in [0.25, 0.3) is 0 Å². The highest BCUT2D eigenvalue weighted by Gasteiger charge is 2.46. The quantitative estimate of drug-likeness (QED) is 0.537. The average molecular weight is 165 g/mol. The number of alkyl halides is 2. The summed E-state index contributed by atoms with van der Waals surface area (Å²) in [7, 11) is 0. The lowest BCUT2D eigenvalue weighted by atomic mass is 10.2. The van der Waals surface area contributed by atoms with E-state index in [0.29, 0.717) is 0 Å². The third-order valence-corrected chi connectivity index (χ3v) is 1.41. The second-order valence-corrected chi connectivity index (χ2v) is 2.17. The van der Waals surface area contributed by atoms with E-state index in [0.717, 1.165) is 0 Å². The van der Waals surface area contributed by atoms with Crippen molar-refractivity contribution >= 4 is 11.9 Å². The summed E-state index contributed by atoms with van der Waals surface area (Å²) < 4.78 is 24.7. The predicted octanol–water partition coefficient (Wildman–Crippen LogP) is -0.754. The van der Waals surface area contributed by atoms with Crippen LogP contribution in [0.4, 0.5) is 8.78 Å². The molecule has 3 atom stereocenters. The Morgan fingerprint density at radius 2 is 2.09 bits per heavy atom. The van der Waals surface area contributed by atoms with Gasteiger partial charge in [-0.05, 0) is 0 Å². The highest BCUT2D eigenvalue weighted by Crippen LogP contribution is 2.16. The Morgan fingerprint density at radius 3 is 2.27 bits per heavy atom. The van der Waals surface area contributed by atoms with Gasteiger partial charge in [0.15, 0.2) is 12.2 Å². The van der Waals surface area contributed by atoms with Crippen LogP contribution in [0.3, 0.4) is 0 Å². The standard InChI is InChI=1S/C5H5F2NO3/c6-1-2(7)4(9)8-3(1)5(10)11/h1-3H,(H,8,9)(H,10,11). The van der Waals surface area contributed by atoms with Crippen molar-refractivity contribution in [3.8, 4) is 0 Å². The van der Waals surface area contributed by atoms with Crippen molar-refractivity contribution in [2.24, 2.45) is 0 Å².